The van der Waals surface area contributed by atoms with Crippen molar-refractivity contribution >= 4 is 17.4 Å². The summed E-state index contributed by atoms with van der Waals surface area (Å²) in [6, 6.07) is 9.44. The number of nitrogens with one attached hydrogen (secondary N) is 1. The largest absolute Gasteiger partial charge is 0.382 e. The van der Waals surface area contributed by atoms with Gasteiger partial charge in [0.05, 0.1) is 17.6 Å². The Kier molecular flexibility index (Phi) is 3.48. The van der Waals surface area contributed by atoms with E-state index >= 15 is 0 Å². The van der Waals surface area contributed by atoms with Gasteiger partial charge in [-0.15, -0.1) is 5.10 Å². The lowest BCUT2D eigenvalue weighted by Gasteiger charge is -2.06. The van der Waals surface area contributed by atoms with Crippen molar-refractivity contribution in [3.63, 3.8) is 0 Å². The maximum atomic E-state index is 12.3. The molecule has 0 atom stereocenters. The van der Waals surface area contributed by atoms with Crippen LogP contribution in [0.15, 0.2) is 42.9 Å². The number of rotatable bonds is 3. The van der Waals surface area contributed by atoms with Crippen molar-refractivity contribution < 1.29 is 4.79 Å². The quantitative estimate of drug-likeness (QED) is 0.751. The van der Waals surface area contributed by atoms with Gasteiger partial charge in [0, 0.05) is 0 Å². The smallest absolute Gasteiger partial charge is 0.278 e. The van der Waals surface area contributed by atoms with Crippen molar-refractivity contribution in [3.05, 3.63) is 54.2 Å². The fraction of sp³-hybridized carbons (Fsp3) is 0.0714. The molecule has 0 fully saturated rings. The van der Waals surface area contributed by atoms with Crippen LogP contribution in [0.1, 0.15) is 16.2 Å². The summed E-state index contributed by atoms with van der Waals surface area (Å²) >= 11 is 0. The third-order valence-corrected chi connectivity index (χ3v) is 3.10. The summed E-state index contributed by atoms with van der Waals surface area (Å²) in [5.74, 6) is -0.224. The molecule has 8 nitrogen and oxygen atoms in total. The normalized spacial score (nSPS) is 10.4. The average Bonchev–Trinajstić information content (AvgIpc) is 2.92. The number of carbonyl (C=O) groups excluding carboxylic acids is 1. The van der Waals surface area contributed by atoms with E-state index in [1.165, 1.54) is 12.5 Å². The Morgan fingerprint density at radius 1 is 1.27 bits per heavy atom. The number of benzene rings is 1. The fourth-order valence-electron chi connectivity index (χ4n) is 1.97. The predicted molar refractivity (Wildman–Crippen MR) is 80.5 cm³/mol. The Balaban J connectivity index is 1.89. The molecule has 0 unspecified atom stereocenters. The van der Waals surface area contributed by atoms with Crippen LogP contribution in [-0.4, -0.2) is 30.9 Å². The summed E-state index contributed by atoms with van der Waals surface area (Å²) in [4.78, 5) is 19.9. The van der Waals surface area contributed by atoms with E-state index in [2.05, 4.69) is 25.6 Å². The Morgan fingerprint density at radius 2 is 2.05 bits per heavy atom. The second kappa shape index (κ2) is 5.60. The van der Waals surface area contributed by atoms with Crippen molar-refractivity contribution in [2.75, 3.05) is 11.1 Å². The number of hydrogen-bond donors (Lipinski definition) is 2. The van der Waals surface area contributed by atoms with Crippen LogP contribution >= 0.6 is 0 Å². The van der Waals surface area contributed by atoms with Crippen LogP contribution in [0.5, 0.6) is 0 Å². The minimum Gasteiger partial charge on any atom is -0.382 e. The first-order valence-electron chi connectivity index (χ1n) is 6.51. The molecule has 1 aromatic carbocycles. The predicted octanol–water partition coefficient (Wildman–Crippen LogP) is 1.20. The van der Waals surface area contributed by atoms with Gasteiger partial charge in [-0.2, -0.15) is 0 Å². The highest BCUT2D eigenvalue weighted by molar-refractivity contribution is 6.04. The van der Waals surface area contributed by atoms with E-state index < -0.39 is 5.91 Å². The van der Waals surface area contributed by atoms with Crippen LogP contribution in [0.25, 0.3) is 5.69 Å². The highest BCUT2D eigenvalue weighted by atomic mass is 16.2. The molecule has 0 aliphatic carbocycles. The molecule has 0 saturated carbocycles. The van der Waals surface area contributed by atoms with Crippen molar-refractivity contribution in [2.45, 2.75) is 6.92 Å². The third-order valence-electron chi connectivity index (χ3n) is 3.10. The van der Waals surface area contributed by atoms with Crippen LogP contribution in [0.2, 0.25) is 0 Å². The number of nitrogen functional groups attached to an aromatic ring is 1. The summed E-state index contributed by atoms with van der Waals surface area (Å²) < 4.78 is 1.60. The molecule has 3 aromatic rings. The highest BCUT2D eigenvalue weighted by Gasteiger charge is 2.18. The van der Waals surface area contributed by atoms with Gasteiger partial charge in [-0.1, -0.05) is 23.4 Å². The molecule has 2 heterocycles. The minimum atomic E-state index is -0.416. The molecule has 2 aromatic heterocycles. The summed E-state index contributed by atoms with van der Waals surface area (Å²) in [6.45, 7) is 1.77. The average molecular weight is 295 g/mol. The van der Waals surface area contributed by atoms with Crippen LogP contribution in [0.4, 0.5) is 11.5 Å². The topological polar surface area (TPSA) is 112 Å². The zero-order chi connectivity index (χ0) is 15.5. The summed E-state index contributed by atoms with van der Waals surface area (Å²) in [5, 5.41) is 10.6. The van der Waals surface area contributed by atoms with Crippen molar-refractivity contribution in [1.29, 1.82) is 0 Å². The van der Waals surface area contributed by atoms with E-state index in [4.69, 9.17) is 5.73 Å². The van der Waals surface area contributed by atoms with E-state index in [0.717, 1.165) is 5.69 Å². The zero-order valence-electron chi connectivity index (χ0n) is 11.8. The second-order valence-corrected chi connectivity index (χ2v) is 4.55. The first kappa shape index (κ1) is 13.7. The molecule has 0 aliphatic rings. The Morgan fingerprint density at radius 3 is 2.77 bits per heavy atom. The van der Waals surface area contributed by atoms with Gasteiger partial charge in [0.1, 0.15) is 12.0 Å². The Hall–Kier alpha value is -3.29. The zero-order valence-corrected chi connectivity index (χ0v) is 11.8. The molecule has 8 heteroatoms. The van der Waals surface area contributed by atoms with E-state index in [1.54, 1.807) is 11.6 Å². The number of amides is 1. The van der Waals surface area contributed by atoms with Crippen molar-refractivity contribution in [3.8, 4) is 5.69 Å². The third kappa shape index (κ3) is 2.49. The summed E-state index contributed by atoms with van der Waals surface area (Å²) in [7, 11) is 0. The highest BCUT2D eigenvalue weighted by Crippen LogP contribution is 2.16. The molecule has 0 bridgehead atoms. The lowest BCUT2D eigenvalue weighted by Crippen LogP contribution is -2.16. The number of carbonyl (C=O) groups is 1. The molecule has 0 spiro atoms. The number of aromatic nitrogens is 5. The molecule has 0 radical (unpaired) electrons. The van der Waals surface area contributed by atoms with Gasteiger partial charge < -0.3 is 11.1 Å². The molecule has 22 heavy (non-hydrogen) atoms. The second-order valence-electron chi connectivity index (χ2n) is 4.55. The first-order valence-corrected chi connectivity index (χ1v) is 6.51. The van der Waals surface area contributed by atoms with Gasteiger partial charge in [-0.25, -0.2) is 14.6 Å². The first-order chi connectivity index (χ1) is 10.7. The number of para-hydroxylation sites is 1. The number of anilines is 2. The van der Waals surface area contributed by atoms with Gasteiger partial charge in [-0.3, -0.25) is 4.79 Å². The summed E-state index contributed by atoms with van der Waals surface area (Å²) in [6.07, 6.45) is 2.74. The molecule has 110 valence electrons. The molecule has 0 aliphatic heterocycles. The monoisotopic (exact) mass is 295 g/mol. The van der Waals surface area contributed by atoms with Gasteiger partial charge in [0.25, 0.3) is 5.91 Å². The van der Waals surface area contributed by atoms with Crippen molar-refractivity contribution in [2.24, 2.45) is 0 Å². The van der Waals surface area contributed by atoms with Gasteiger partial charge >= 0.3 is 0 Å². The van der Waals surface area contributed by atoms with E-state index in [1.807, 2.05) is 30.3 Å². The van der Waals surface area contributed by atoms with Crippen LogP contribution in [0, 0.1) is 6.92 Å². The molecule has 3 N–H and O–H groups in total. The summed E-state index contributed by atoms with van der Waals surface area (Å²) in [5.41, 5.74) is 7.68. The van der Waals surface area contributed by atoms with Gasteiger partial charge in [0.15, 0.2) is 11.5 Å². The SMILES string of the molecule is Cc1c(C(=O)Nc2cncnc2N)nnn1-c1ccccc1. The van der Waals surface area contributed by atoms with E-state index in [0.29, 0.717) is 11.4 Å². The van der Waals surface area contributed by atoms with Crippen LogP contribution in [-0.2, 0) is 0 Å². The molecule has 3 rings (SSSR count). The molecular formula is C14H13N7O. The van der Waals surface area contributed by atoms with Crippen LogP contribution in [0.3, 0.4) is 0 Å². The maximum absolute atomic E-state index is 12.3. The number of nitrogens with zero attached hydrogens (tertiary/aromatic N) is 5. The van der Waals surface area contributed by atoms with E-state index in [-0.39, 0.29) is 11.5 Å². The van der Waals surface area contributed by atoms with Gasteiger partial charge in [0.2, 0.25) is 0 Å². The van der Waals surface area contributed by atoms with E-state index in [9.17, 15) is 4.79 Å². The Labute approximate surface area is 126 Å². The van der Waals surface area contributed by atoms with Gasteiger partial charge in [-0.05, 0) is 19.1 Å². The number of nitrogens with two attached hydrogens (primary N) is 1. The molecular weight excluding hydrogens is 282 g/mol. The lowest BCUT2D eigenvalue weighted by atomic mass is 10.3. The molecule has 0 saturated heterocycles. The number of hydrogen-bond acceptors (Lipinski definition) is 6. The van der Waals surface area contributed by atoms with Crippen LogP contribution < -0.4 is 11.1 Å². The fourth-order valence-corrected chi connectivity index (χ4v) is 1.97. The van der Waals surface area contributed by atoms with Crippen molar-refractivity contribution in [1.82, 2.24) is 25.0 Å². The standard InChI is InChI=1S/C14H13N7O/c1-9-12(14(22)18-11-7-16-8-17-13(11)15)19-20-21(9)10-5-3-2-4-6-10/h2-8H,1H3,(H,18,22)(H2,15,16,17). The molecule has 1 amide bonds. The minimum absolute atomic E-state index is 0.191. The maximum Gasteiger partial charge on any atom is 0.278 e. The lowest BCUT2D eigenvalue weighted by molar-refractivity contribution is 0.102. The Bertz CT molecular complexity index is 813.